The smallest absolute Gasteiger partial charge is 0.394 e. The van der Waals surface area contributed by atoms with E-state index in [4.69, 9.17) is 11.6 Å². The minimum absolute atomic E-state index is 0.0203. The molecule has 1 unspecified atom stereocenters. The molecule has 3 rings (SSSR count). The van der Waals surface area contributed by atoms with Gasteiger partial charge in [0, 0.05) is 15.4 Å². The molecule has 3 aromatic rings. The lowest BCUT2D eigenvalue weighted by molar-refractivity contribution is -0.683. The number of carbonyl (C=O) groups is 1. The molecule has 0 aliphatic rings. The van der Waals surface area contributed by atoms with Crippen LogP contribution in [0.3, 0.4) is 0 Å². The van der Waals surface area contributed by atoms with Crippen molar-refractivity contribution in [3.05, 3.63) is 69.6 Å². The number of tetrazole rings is 1. The molecular formula is C21H19ClF6N5O3+. The Balaban J connectivity index is 1.86. The number of nitrogens with zero attached hydrogens (tertiary/aromatic N) is 4. The summed E-state index contributed by atoms with van der Waals surface area (Å²) in [5.41, 5.74) is -0.781. The fourth-order valence-corrected chi connectivity index (χ4v) is 3.39. The molecule has 8 nitrogen and oxygen atoms in total. The number of aromatic nitrogens is 4. The Morgan fingerprint density at radius 1 is 1.11 bits per heavy atom. The zero-order valence-electron chi connectivity index (χ0n) is 18.2. The van der Waals surface area contributed by atoms with Crippen LogP contribution >= 0.6 is 11.6 Å². The van der Waals surface area contributed by atoms with Crippen molar-refractivity contribution < 1.29 is 40.9 Å². The fourth-order valence-electron chi connectivity index (χ4n) is 3.27. The van der Waals surface area contributed by atoms with Gasteiger partial charge < -0.3 is 10.4 Å². The van der Waals surface area contributed by atoms with E-state index in [-0.39, 0.29) is 21.6 Å². The monoisotopic (exact) mass is 538 g/mol. The molecule has 0 aliphatic carbocycles. The summed E-state index contributed by atoms with van der Waals surface area (Å²) in [4.78, 5) is 25.8. The standard InChI is InChI=1S/C21H18ClF6N5O3/c22-16-6-4-13(5-7-16)19-30-32(33(36)31(19)9-8-20(23,24)25)11-18(35)29-17(12-34)14-2-1-3-15(10-14)21(26,27)28/h1-7,10,17,34H,8-9,11-12H2/p+1. The van der Waals surface area contributed by atoms with Gasteiger partial charge in [-0.05, 0) is 46.9 Å². The highest BCUT2D eigenvalue weighted by Crippen LogP contribution is 2.30. The van der Waals surface area contributed by atoms with Crippen molar-refractivity contribution in [3.8, 4) is 11.4 Å². The van der Waals surface area contributed by atoms with Gasteiger partial charge in [0.2, 0.25) is 5.91 Å². The second-order valence-corrected chi connectivity index (χ2v) is 8.06. The highest BCUT2D eigenvalue weighted by Gasteiger charge is 2.33. The van der Waals surface area contributed by atoms with E-state index in [2.05, 4.69) is 10.4 Å². The zero-order chi connectivity index (χ0) is 26.7. The van der Waals surface area contributed by atoms with Gasteiger partial charge in [-0.2, -0.15) is 26.3 Å². The number of nitrogens with one attached hydrogen (secondary N) is 1. The largest absolute Gasteiger partial charge is 0.416 e. The van der Waals surface area contributed by atoms with Gasteiger partial charge in [-0.15, -0.1) is 4.68 Å². The number of hydrogen-bond acceptors (Lipinski definition) is 4. The molecular weight excluding hydrogens is 520 g/mol. The molecule has 0 saturated heterocycles. The summed E-state index contributed by atoms with van der Waals surface area (Å²) in [7, 11) is 0. The molecule has 0 aliphatic heterocycles. The Hall–Kier alpha value is -3.39. The Morgan fingerprint density at radius 3 is 2.36 bits per heavy atom. The number of carbonyl (C=O) groups excluding carboxylic acids is 1. The second-order valence-electron chi connectivity index (χ2n) is 7.63. The van der Waals surface area contributed by atoms with Crippen LogP contribution < -0.4 is 9.97 Å². The molecule has 1 aromatic heterocycles. The van der Waals surface area contributed by atoms with Gasteiger partial charge in [-0.25, -0.2) is 0 Å². The molecule has 15 heteroatoms. The number of halogens is 7. The van der Waals surface area contributed by atoms with Crippen LogP contribution in [0.5, 0.6) is 0 Å². The summed E-state index contributed by atoms with van der Waals surface area (Å²) in [6, 6.07) is 8.43. The minimum Gasteiger partial charge on any atom is -0.394 e. The van der Waals surface area contributed by atoms with Gasteiger partial charge in [0.25, 0.3) is 0 Å². The first-order chi connectivity index (χ1) is 16.8. The average molecular weight is 539 g/mol. The lowest BCUT2D eigenvalue weighted by Crippen LogP contribution is -2.42. The molecule has 194 valence electrons. The highest BCUT2D eigenvalue weighted by atomic mass is 35.5. The predicted octanol–water partition coefficient (Wildman–Crippen LogP) is 3.74. The molecule has 0 fully saturated rings. The van der Waals surface area contributed by atoms with E-state index >= 15 is 0 Å². The Morgan fingerprint density at radius 2 is 1.78 bits per heavy atom. The van der Waals surface area contributed by atoms with Gasteiger partial charge in [0.15, 0.2) is 11.2 Å². The van der Waals surface area contributed by atoms with Crippen LogP contribution in [-0.2, 0) is 24.1 Å². The Kier molecular flexibility index (Phi) is 8.09. The third kappa shape index (κ3) is 6.85. The van der Waals surface area contributed by atoms with E-state index in [1.165, 1.54) is 30.3 Å². The highest BCUT2D eigenvalue weighted by molar-refractivity contribution is 6.30. The van der Waals surface area contributed by atoms with Crippen molar-refractivity contribution in [2.45, 2.75) is 37.9 Å². The number of hydrogen-bond donors (Lipinski definition) is 2. The van der Waals surface area contributed by atoms with E-state index < -0.39 is 56.0 Å². The maximum absolute atomic E-state index is 13.0. The molecule has 0 radical (unpaired) electrons. The van der Waals surface area contributed by atoms with Crippen LogP contribution in [0.15, 0.2) is 48.5 Å². The third-order valence-corrected chi connectivity index (χ3v) is 5.24. The summed E-state index contributed by atoms with van der Waals surface area (Å²) in [6.45, 7) is -2.35. The molecule has 0 spiro atoms. The molecule has 1 atom stereocenters. The average Bonchev–Trinajstić information content (AvgIpc) is 3.10. The maximum atomic E-state index is 13.0. The molecule has 1 heterocycles. The topological polar surface area (TPSA) is 95.0 Å². The Bertz CT molecular complexity index is 1270. The van der Waals surface area contributed by atoms with Crippen LogP contribution in [0.25, 0.3) is 11.4 Å². The van der Waals surface area contributed by atoms with Crippen molar-refractivity contribution in [3.63, 3.8) is 0 Å². The maximum Gasteiger partial charge on any atom is 0.416 e. The SMILES string of the molecule is O=C(Cn1nc(-c2ccc(Cl)cc2)n(CCC(F)(F)F)[n+]1=O)NC(CO)c1cccc(C(F)(F)F)c1. The lowest BCUT2D eigenvalue weighted by Gasteiger charge is -2.17. The first kappa shape index (κ1) is 27.2. The van der Waals surface area contributed by atoms with Gasteiger partial charge in [-0.1, -0.05) is 23.7 Å². The third-order valence-electron chi connectivity index (χ3n) is 4.99. The summed E-state index contributed by atoms with van der Waals surface area (Å²) < 4.78 is 78.0. The van der Waals surface area contributed by atoms with Crippen molar-refractivity contribution in [2.24, 2.45) is 0 Å². The molecule has 0 saturated carbocycles. The van der Waals surface area contributed by atoms with E-state index in [1.807, 2.05) is 0 Å². The number of aliphatic hydroxyl groups is 1. The van der Waals surface area contributed by atoms with E-state index in [0.717, 1.165) is 18.2 Å². The molecule has 36 heavy (non-hydrogen) atoms. The van der Waals surface area contributed by atoms with Crippen molar-refractivity contribution in [1.82, 2.24) is 19.9 Å². The summed E-state index contributed by atoms with van der Waals surface area (Å²) >= 11 is 5.83. The normalized spacial score (nSPS) is 13.0. The van der Waals surface area contributed by atoms with Crippen LogP contribution in [0, 0.1) is 4.91 Å². The quantitative estimate of drug-likeness (QED) is 0.337. The number of amides is 1. The fraction of sp³-hybridized carbons (Fsp3) is 0.333. The molecule has 2 aromatic carbocycles. The summed E-state index contributed by atoms with van der Waals surface area (Å²) in [5, 5.41) is 16.2. The van der Waals surface area contributed by atoms with Gasteiger partial charge >= 0.3 is 18.2 Å². The van der Waals surface area contributed by atoms with Gasteiger partial charge in [-0.3, -0.25) is 4.79 Å². The van der Waals surface area contributed by atoms with Crippen molar-refractivity contribution in [2.75, 3.05) is 6.61 Å². The van der Waals surface area contributed by atoms with Crippen molar-refractivity contribution >= 4 is 17.5 Å². The van der Waals surface area contributed by atoms with Gasteiger partial charge in [0.1, 0.15) is 0 Å². The molecule has 2 N–H and O–H groups in total. The summed E-state index contributed by atoms with van der Waals surface area (Å²) in [5.74, 6) is -1.10. The zero-order valence-corrected chi connectivity index (χ0v) is 19.0. The minimum atomic E-state index is -4.65. The van der Waals surface area contributed by atoms with E-state index in [1.54, 1.807) is 0 Å². The van der Waals surface area contributed by atoms with Crippen LogP contribution in [-0.4, -0.2) is 38.4 Å². The van der Waals surface area contributed by atoms with Gasteiger partial charge in [0.05, 0.1) is 36.3 Å². The number of aliphatic hydroxyl groups excluding tert-OH is 1. The number of alkyl halides is 6. The van der Waals surface area contributed by atoms with E-state index in [0.29, 0.717) is 14.5 Å². The van der Waals surface area contributed by atoms with E-state index in [9.17, 15) is 41.2 Å². The molecule has 1 amide bonds. The Labute approximate surface area is 204 Å². The number of benzene rings is 2. The number of rotatable bonds is 8. The van der Waals surface area contributed by atoms with Crippen molar-refractivity contribution in [1.29, 1.82) is 0 Å². The first-order valence-corrected chi connectivity index (χ1v) is 10.7. The predicted molar refractivity (Wildman–Crippen MR) is 114 cm³/mol. The van der Waals surface area contributed by atoms with Crippen LogP contribution in [0.1, 0.15) is 23.6 Å². The lowest BCUT2D eigenvalue weighted by atomic mass is 10.0. The molecule has 0 bridgehead atoms. The van der Waals surface area contributed by atoms with Crippen LogP contribution in [0.2, 0.25) is 5.02 Å². The van der Waals surface area contributed by atoms with Crippen LogP contribution in [0.4, 0.5) is 26.3 Å². The summed E-state index contributed by atoms with van der Waals surface area (Å²) in [6.07, 6.45) is -10.6. The first-order valence-electron chi connectivity index (χ1n) is 10.3. The second kappa shape index (κ2) is 10.7.